The van der Waals surface area contributed by atoms with Crippen LogP contribution in [0.25, 0.3) is 22.3 Å². The number of aromatic nitrogens is 5. The van der Waals surface area contributed by atoms with Crippen LogP contribution < -0.4 is 15.2 Å². The van der Waals surface area contributed by atoms with E-state index in [9.17, 15) is 36.3 Å². The molecule has 0 aliphatic rings. The third-order valence-corrected chi connectivity index (χ3v) is 6.89. The van der Waals surface area contributed by atoms with Gasteiger partial charge in [-0.3, -0.25) is 9.48 Å². The van der Waals surface area contributed by atoms with E-state index < -0.39 is 53.1 Å². The van der Waals surface area contributed by atoms with Gasteiger partial charge in [-0.05, 0) is 42.0 Å². The van der Waals surface area contributed by atoms with Crippen LogP contribution in [0, 0.1) is 16.8 Å². The van der Waals surface area contributed by atoms with Crippen LogP contribution in [0.5, 0.6) is 5.75 Å². The fourth-order valence-corrected chi connectivity index (χ4v) is 4.73. The van der Waals surface area contributed by atoms with Gasteiger partial charge in [-0.25, -0.2) is 13.5 Å². The maximum Gasteiger partial charge on any atom is 0.387 e. The van der Waals surface area contributed by atoms with Crippen LogP contribution in [0.2, 0.25) is 5.02 Å². The number of primary amides is 1. The van der Waals surface area contributed by atoms with E-state index in [-0.39, 0.29) is 28.9 Å². The van der Waals surface area contributed by atoms with Crippen LogP contribution in [-0.2, 0) is 6.42 Å². The van der Waals surface area contributed by atoms with Gasteiger partial charge in [0, 0.05) is 30.4 Å². The molecule has 5 rings (SSSR count). The largest absolute Gasteiger partial charge is 0.618 e. The summed E-state index contributed by atoms with van der Waals surface area (Å²) in [6.07, 6.45) is 4.63. The lowest BCUT2D eigenvalue weighted by Gasteiger charge is -2.18. The Hall–Kier alpha value is -5.05. The highest BCUT2D eigenvalue weighted by molar-refractivity contribution is 6.31. The van der Waals surface area contributed by atoms with Crippen molar-refractivity contribution in [3.05, 3.63) is 112 Å². The molecule has 0 radical (unpaired) electrons. The van der Waals surface area contributed by atoms with Crippen molar-refractivity contribution < 1.29 is 40.6 Å². The first kappa shape index (κ1) is 30.4. The SMILES string of the molecule is NC(=O)c1ccc(-c2cnn([C@@H](Cc3ccn(C(F)F)n3)c3ccc(-c4c(OC(F)F)ccc(Cl)c4F)c[n+]3[O-])c2)cc1F. The van der Waals surface area contributed by atoms with E-state index in [0.29, 0.717) is 20.5 Å². The lowest BCUT2D eigenvalue weighted by atomic mass is 10.0. The second-order valence-electron chi connectivity index (χ2n) is 9.33. The molecule has 1 amide bonds. The lowest BCUT2D eigenvalue weighted by molar-refractivity contribution is -0.615. The number of carbonyl (C=O) groups is 1. The molecule has 0 bridgehead atoms. The summed E-state index contributed by atoms with van der Waals surface area (Å²) in [6.45, 7) is -6.21. The Labute approximate surface area is 249 Å². The molecule has 16 heteroatoms. The van der Waals surface area contributed by atoms with Crippen molar-refractivity contribution in [3.63, 3.8) is 0 Å². The maximum absolute atomic E-state index is 15.0. The number of ether oxygens (including phenoxy) is 1. The second kappa shape index (κ2) is 12.3. The number of hydrogen-bond donors (Lipinski definition) is 1. The van der Waals surface area contributed by atoms with Crippen LogP contribution >= 0.6 is 11.6 Å². The van der Waals surface area contributed by atoms with E-state index in [1.165, 1.54) is 47.4 Å². The number of amides is 1. The highest BCUT2D eigenvalue weighted by atomic mass is 35.5. The third kappa shape index (κ3) is 6.17. The minimum Gasteiger partial charge on any atom is -0.618 e. The van der Waals surface area contributed by atoms with Crippen LogP contribution in [0.15, 0.2) is 73.3 Å². The molecule has 0 saturated heterocycles. The standard InChI is InChI=1S/C28H19ClF6N6O3/c29-19-4-6-23(44-28(34)35)24(25(19)31)15-2-5-21(41(43)13-15)22(10-17-7-8-39(38-17)27(32)33)40-12-16(11-37-40)14-1-3-18(26(36)42)20(30)9-14/h1-9,11-13,22,27-28H,10H2,(H2,36,42)/t22-/m0/s1. The Bertz CT molecular complexity index is 1850. The van der Waals surface area contributed by atoms with Crippen LogP contribution in [0.4, 0.5) is 26.3 Å². The lowest BCUT2D eigenvalue weighted by Crippen LogP contribution is -2.36. The van der Waals surface area contributed by atoms with Gasteiger partial charge in [0.25, 0.3) is 5.91 Å². The van der Waals surface area contributed by atoms with Gasteiger partial charge in [-0.1, -0.05) is 17.7 Å². The van der Waals surface area contributed by atoms with Crippen molar-refractivity contribution in [2.75, 3.05) is 0 Å². The van der Waals surface area contributed by atoms with Crippen molar-refractivity contribution in [1.29, 1.82) is 0 Å². The second-order valence-corrected chi connectivity index (χ2v) is 9.74. The van der Waals surface area contributed by atoms with Crippen LogP contribution in [0.1, 0.15) is 34.3 Å². The zero-order chi connectivity index (χ0) is 31.7. The summed E-state index contributed by atoms with van der Waals surface area (Å²) >= 11 is 5.85. The van der Waals surface area contributed by atoms with Gasteiger partial charge in [-0.15, -0.1) is 0 Å². The molecule has 44 heavy (non-hydrogen) atoms. The smallest absolute Gasteiger partial charge is 0.387 e. The zero-order valence-electron chi connectivity index (χ0n) is 22.1. The minimum absolute atomic E-state index is 0.0241. The Balaban J connectivity index is 1.57. The molecule has 0 aliphatic heterocycles. The van der Waals surface area contributed by atoms with E-state index >= 15 is 0 Å². The third-order valence-electron chi connectivity index (χ3n) is 6.60. The zero-order valence-corrected chi connectivity index (χ0v) is 22.8. The first-order chi connectivity index (χ1) is 20.9. The average molecular weight is 637 g/mol. The summed E-state index contributed by atoms with van der Waals surface area (Å²) in [6, 6.07) is 8.61. The van der Waals surface area contributed by atoms with E-state index in [2.05, 4.69) is 14.9 Å². The van der Waals surface area contributed by atoms with Gasteiger partial charge in [-0.2, -0.15) is 32.5 Å². The number of nitrogens with zero attached hydrogens (tertiary/aromatic N) is 5. The number of benzene rings is 2. The molecule has 228 valence electrons. The molecular formula is C28H19ClF6N6O3. The number of hydrogen-bond acceptors (Lipinski definition) is 5. The van der Waals surface area contributed by atoms with Crippen molar-refractivity contribution in [2.45, 2.75) is 25.6 Å². The molecule has 0 aliphatic carbocycles. The average Bonchev–Trinajstić information content (AvgIpc) is 3.64. The van der Waals surface area contributed by atoms with E-state index in [1.807, 2.05) is 0 Å². The summed E-state index contributed by atoms with van der Waals surface area (Å²) in [4.78, 5) is 11.4. The summed E-state index contributed by atoms with van der Waals surface area (Å²) in [5.74, 6) is -3.48. The first-order valence-corrected chi connectivity index (χ1v) is 12.9. The molecule has 0 saturated carbocycles. The van der Waals surface area contributed by atoms with Gasteiger partial charge in [0.2, 0.25) is 5.69 Å². The summed E-state index contributed by atoms with van der Waals surface area (Å²) in [5.41, 5.74) is 5.02. The molecule has 2 aromatic carbocycles. The molecule has 5 aromatic rings. The van der Waals surface area contributed by atoms with Gasteiger partial charge in [0.1, 0.15) is 17.6 Å². The predicted octanol–water partition coefficient (Wildman–Crippen LogP) is 5.91. The molecular weight excluding hydrogens is 618 g/mol. The maximum atomic E-state index is 15.0. The van der Waals surface area contributed by atoms with Gasteiger partial charge in [0.05, 0.1) is 33.6 Å². The highest BCUT2D eigenvalue weighted by Crippen LogP contribution is 2.37. The molecule has 0 fully saturated rings. The highest BCUT2D eigenvalue weighted by Gasteiger charge is 2.28. The molecule has 0 spiro atoms. The van der Waals surface area contributed by atoms with Crippen molar-refractivity contribution >= 4 is 17.5 Å². The van der Waals surface area contributed by atoms with Crippen molar-refractivity contribution in [3.8, 4) is 28.0 Å². The quantitative estimate of drug-likeness (QED) is 0.116. The van der Waals surface area contributed by atoms with E-state index in [1.54, 1.807) is 0 Å². The summed E-state index contributed by atoms with van der Waals surface area (Å²) in [7, 11) is 0. The molecule has 9 nitrogen and oxygen atoms in total. The van der Waals surface area contributed by atoms with E-state index in [0.717, 1.165) is 30.6 Å². The van der Waals surface area contributed by atoms with Gasteiger partial charge >= 0.3 is 13.2 Å². The molecule has 3 aromatic heterocycles. The molecule has 2 N–H and O–H groups in total. The molecule has 1 atom stereocenters. The van der Waals surface area contributed by atoms with Crippen molar-refractivity contribution in [2.24, 2.45) is 5.73 Å². The monoisotopic (exact) mass is 636 g/mol. The normalized spacial score (nSPS) is 12.2. The summed E-state index contributed by atoms with van der Waals surface area (Å²) < 4.78 is 88.2. The fourth-order valence-electron chi connectivity index (χ4n) is 4.57. The first-order valence-electron chi connectivity index (χ1n) is 12.5. The molecule has 3 heterocycles. The van der Waals surface area contributed by atoms with Crippen LogP contribution in [0.3, 0.4) is 0 Å². The van der Waals surface area contributed by atoms with Gasteiger partial charge in [0.15, 0.2) is 12.0 Å². The number of halogens is 7. The number of rotatable bonds is 10. The fraction of sp³-hybridized carbons (Fsp3) is 0.143. The topological polar surface area (TPSA) is 115 Å². The Kier molecular flexibility index (Phi) is 8.49. The number of pyridine rings is 1. The molecule has 0 unspecified atom stereocenters. The Morgan fingerprint density at radius 1 is 1.02 bits per heavy atom. The van der Waals surface area contributed by atoms with Gasteiger partial charge < -0.3 is 15.7 Å². The number of carbonyl (C=O) groups excluding carboxylic acids is 1. The summed E-state index contributed by atoms with van der Waals surface area (Å²) in [5, 5.41) is 21.1. The number of alkyl halides is 4. The van der Waals surface area contributed by atoms with Crippen LogP contribution in [-0.4, -0.2) is 32.1 Å². The number of nitrogens with two attached hydrogens (primary N) is 1. The van der Waals surface area contributed by atoms with E-state index in [4.69, 9.17) is 17.3 Å². The van der Waals surface area contributed by atoms with Crippen molar-refractivity contribution in [1.82, 2.24) is 19.6 Å². The Morgan fingerprint density at radius 3 is 2.41 bits per heavy atom. The predicted molar refractivity (Wildman–Crippen MR) is 144 cm³/mol. The Morgan fingerprint density at radius 2 is 1.77 bits per heavy atom. The minimum atomic E-state index is -3.29.